The van der Waals surface area contributed by atoms with Crippen molar-refractivity contribution in [1.29, 1.82) is 0 Å². The standard InChI is InChI=1S/C13H19N3OS2/c1-9-15-10(8-19-9)11(17)16-13(12(14)18)6-4-2-3-5-7-13/h8H,2-7H2,1H3,(H2,14,18)(H,16,17). The predicted molar refractivity (Wildman–Crippen MR) is 81.5 cm³/mol. The fourth-order valence-electron chi connectivity index (χ4n) is 2.51. The second-order valence-corrected chi connectivity index (χ2v) is 6.57. The van der Waals surface area contributed by atoms with Gasteiger partial charge in [0.05, 0.1) is 15.5 Å². The Balaban J connectivity index is 2.16. The summed E-state index contributed by atoms with van der Waals surface area (Å²) in [5, 5.41) is 5.70. The Morgan fingerprint density at radius 1 is 1.42 bits per heavy atom. The average molecular weight is 297 g/mol. The number of hydrogen-bond acceptors (Lipinski definition) is 4. The highest BCUT2D eigenvalue weighted by Crippen LogP contribution is 2.28. The van der Waals surface area contributed by atoms with Gasteiger partial charge < -0.3 is 11.1 Å². The molecular weight excluding hydrogens is 278 g/mol. The van der Waals surface area contributed by atoms with Gasteiger partial charge in [0, 0.05) is 5.38 Å². The van der Waals surface area contributed by atoms with Crippen LogP contribution in [0.15, 0.2) is 5.38 Å². The number of hydrogen-bond donors (Lipinski definition) is 2. The number of nitrogens with two attached hydrogens (primary N) is 1. The van der Waals surface area contributed by atoms with Crippen molar-refractivity contribution in [2.24, 2.45) is 5.73 Å². The summed E-state index contributed by atoms with van der Waals surface area (Å²) >= 11 is 6.68. The van der Waals surface area contributed by atoms with Gasteiger partial charge in [-0.2, -0.15) is 0 Å². The summed E-state index contributed by atoms with van der Waals surface area (Å²) in [5.41, 5.74) is 5.84. The molecule has 6 heteroatoms. The van der Waals surface area contributed by atoms with E-state index >= 15 is 0 Å². The first-order valence-corrected chi connectivity index (χ1v) is 7.87. The molecule has 0 aromatic carbocycles. The lowest BCUT2D eigenvalue weighted by atomic mass is 9.90. The van der Waals surface area contributed by atoms with E-state index in [1.807, 2.05) is 6.92 Å². The maximum absolute atomic E-state index is 12.3. The zero-order chi connectivity index (χ0) is 13.9. The fourth-order valence-corrected chi connectivity index (χ4v) is 3.36. The Morgan fingerprint density at radius 2 is 2.05 bits per heavy atom. The van der Waals surface area contributed by atoms with Crippen molar-refractivity contribution < 1.29 is 4.79 Å². The number of amides is 1. The molecule has 104 valence electrons. The molecule has 19 heavy (non-hydrogen) atoms. The van der Waals surface area contributed by atoms with Crippen LogP contribution in [-0.2, 0) is 0 Å². The van der Waals surface area contributed by atoms with Gasteiger partial charge in [0.1, 0.15) is 5.69 Å². The van der Waals surface area contributed by atoms with E-state index in [0.717, 1.165) is 30.7 Å². The second kappa shape index (κ2) is 5.96. The molecule has 1 amide bonds. The molecule has 1 aliphatic carbocycles. The Hall–Kier alpha value is -1.01. The number of thiazole rings is 1. The van der Waals surface area contributed by atoms with Crippen LogP contribution in [0.25, 0.3) is 0 Å². The van der Waals surface area contributed by atoms with Crippen LogP contribution >= 0.6 is 23.6 Å². The van der Waals surface area contributed by atoms with Crippen LogP contribution < -0.4 is 11.1 Å². The minimum atomic E-state index is -0.527. The number of aryl methyl sites for hydroxylation is 1. The normalized spacial score (nSPS) is 18.6. The Kier molecular flexibility index (Phi) is 4.52. The first-order chi connectivity index (χ1) is 9.03. The third-order valence-electron chi connectivity index (χ3n) is 3.63. The molecule has 0 spiro atoms. The van der Waals surface area contributed by atoms with Gasteiger partial charge in [-0.05, 0) is 19.8 Å². The van der Waals surface area contributed by atoms with E-state index in [9.17, 15) is 4.79 Å². The molecule has 1 aromatic rings. The Bertz CT molecular complexity index is 476. The van der Waals surface area contributed by atoms with Gasteiger partial charge >= 0.3 is 0 Å². The molecule has 0 atom stereocenters. The number of nitrogens with one attached hydrogen (secondary N) is 1. The quantitative estimate of drug-likeness (QED) is 0.664. The van der Waals surface area contributed by atoms with Crippen LogP contribution in [0, 0.1) is 6.92 Å². The first-order valence-electron chi connectivity index (χ1n) is 6.58. The third kappa shape index (κ3) is 3.30. The molecule has 1 heterocycles. The van der Waals surface area contributed by atoms with E-state index in [0.29, 0.717) is 10.7 Å². The molecule has 0 aliphatic heterocycles. The summed E-state index contributed by atoms with van der Waals surface area (Å²) in [6, 6.07) is 0. The number of nitrogens with zero attached hydrogens (tertiary/aromatic N) is 1. The molecule has 1 saturated carbocycles. The summed E-state index contributed by atoms with van der Waals surface area (Å²) < 4.78 is 0. The van der Waals surface area contributed by atoms with Gasteiger partial charge in [-0.25, -0.2) is 4.98 Å². The number of aromatic nitrogens is 1. The lowest BCUT2D eigenvalue weighted by molar-refractivity contribution is 0.0913. The van der Waals surface area contributed by atoms with Gasteiger partial charge in [0.25, 0.3) is 5.91 Å². The molecule has 4 nitrogen and oxygen atoms in total. The van der Waals surface area contributed by atoms with Crippen molar-refractivity contribution in [3.63, 3.8) is 0 Å². The van der Waals surface area contributed by atoms with Crippen molar-refractivity contribution in [2.45, 2.75) is 51.0 Å². The van der Waals surface area contributed by atoms with Crippen molar-refractivity contribution in [1.82, 2.24) is 10.3 Å². The minimum Gasteiger partial charge on any atom is -0.391 e. The van der Waals surface area contributed by atoms with Crippen molar-refractivity contribution >= 4 is 34.5 Å². The average Bonchev–Trinajstić information content (AvgIpc) is 2.65. The summed E-state index contributed by atoms with van der Waals surface area (Å²) in [5.74, 6) is -0.168. The lowest BCUT2D eigenvalue weighted by Crippen LogP contribution is -2.56. The highest BCUT2D eigenvalue weighted by atomic mass is 32.1. The smallest absolute Gasteiger partial charge is 0.271 e. The van der Waals surface area contributed by atoms with E-state index in [2.05, 4.69) is 10.3 Å². The van der Waals surface area contributed by atoms with Crippen LogP contribution in [0.3, 0.4) is 0 Å². The van der Waals surface area contributed by atoms with E-state index in [1.54, 1.807) is 5.38 Å². The molecule has 1 fully saturated rings. The minimum absolute atomic E-state index is 0.168. The van der Waals surface area contributed by atoms with Crippen LogP contribution in [0.1, 0.15) is 54.0 Å². The van der Waals surface area contributed by atoms with Gasteiger partial charge in [-0.1, -0.05) is 37.9 Å². The van der Waals surface area contributed by atoms with E-state index in [-0.39, 0.29) is 5.91 Å². The summed E-state index contributed by atoms with van der Waals surface area (Å²) in [6.07, 6.45) is 6.11. The highest BCUT2D eigenvalue weighted by Gasteiger charge is 2.36. The zero-order valence-electron chi connectivity index (χ0n) is 11.1. The topological polar surface area (TPSA) is 68.0 Å². The molecule has 0 saturated heterocycles. The number of carbonyl (C=O) groups is 1. The monoisotopic (exact) mass is 297 g/mol. The molecule has 0 bridgehead atoms. The molecule has 2 rings (SSSR count). The van der Waals surface area contributed by atoms with E-state index in [1.165, 1.54) is 24.2 Å². The van der Waals surface area contributed by atoms with Gasteiger partial charge in [-0.15, -0.1) is 11.3 Å². The highest BCUT2D eigenvalue weighted by molar-refractivity contribution is 7.80. The number of thiocarbonyl (C=S) groups is 1. The Morgan fingerprint density at radius 3 is 2.53 bits per heavy atom. The maximum Gasteiger partial charge on any atom is 0.271 e. The maximum atomic E-state index is 12.3. The fraction of sp³-hybridized carbons (Fsp3) is 0.615. The summed E-state index contributed by atoms with van der Waals surface area (Å²) in [7, 11) is 0. The molecule has 1 aliphatic rings. The van der Waals surface area contributed by atoms with Crippen LogP contribution in [0.2, 0.25) is 0 Å². The largest absolute Gasteiger partial charge is 0.391 e. The molecule has 1 aromatic heterocycles. The lowest BCUT2D eigenvalue weighted by Gasteiger charge is -2.32. The van der Waals surface area contributed by atoms with Crippen molar-refractivity contribution in [2.75, 3.05) is 0 Å². The molecule has 0 unspecified atom stereocenters. The SMILES string of the molecule is Cc1nc(C(=O)NC2(C(N)=S)CCCCCC2)cs1. The summed E-state index contributed by atoms with van der Waals surface area (Å²) in [6.45, 7) is 1.89. The van der Waals surface area contributed by atoms with Crippen LogP contribution in [-0.4, -0.2) is 21.4 Å². The van der Waals surface area contributed by atoms with Gasteiger partial charge in [0.2, 0.25) is 0 Å². The third-order valence-corrected chi connectivity index (χ3v) is 4.80. The zero-order valence-corrected chi connectivity index (χ0v) is 12.7. The second-order valence-electron chi connectivity index (χ2n) is 5.07. The number of rotatable bonds is 3. The number of carbonyl (C=O) groups excluding carboxylic acids is 1. The molecular formula is C13H19N3OS2. The molecule has 3 N–H and O–H groups in total. The van der Waals surface area contributed by atoms with Crippen LogP contribution in [0.5, 0.6) is 0 Å². The van der Waals surface area contributed by atoms with Gasteiger partial charge in [-0.3, -0.25) is 4.79 Å². The van der Waals surface area contributed by atoms with E-state index in [4.69, 9.17) is 18.0 Å². The predicted octanol–water partition coefficient (Wildman–Crippen LogP) is 2.56. The van der Waals surface area contributed by atoms with Crippen molar-refractivity contribution in [3.8, 4) is 0 Å². The first kappa shape index (κ1) is 14.4. The molecule has 0 radical (unpaired) electrons. The summed E-state index contributed by atoms with van der Waals surface area (Å²) in [4.78, 5) is 16.9. The van der Waals surface area contributed by atoms with Crippen molar-refractivity contribution in [3.05, 3.63) is 16.1 Å². The van der Waals surface area contributed by atoms with Crippen LogP contribution in [0.4, 0.5) is 0 Å². The Labute approximate surface area is 122 Å². The van der Waals surface area contributed by atoms with Gasteiger partial charge in [0.15, 0.2) is 0 Å². The van der Waals surface area contributed by atoms with E-state index < -0.39 is 5.54 Å².